The highest BCUT2D eigenvalue weighted by molar-refractivity contribution is 7.10. The van der Waals surface area contributed by atoms with Crippen LogP contribution in [0.2, 0.25) is 0 Å². The molecule has 0 radical (unpaired) electrons. The summed E-state index contributed by atoms with van der Waals surface area (Å²) in [5.74, 6) is 0.121. The van der Waals surface area contributed by atoms with E-state index >= 15 is 0 Å². The average Bonchev–Trinajstić information content (AvgIpc) is 3.29. The molecule has 3 rings (SSSR count). The number of carbonyl (C=O) groups is 2. The molecule has 0 bridgehead atoms. The largest absolute Gasteiger partial charge is 0.358 e. The van der Waals surface area contributed by atoms with Crippen molar-refractivity contribution in [3.8, 4) is 0 Å². The van der Waals surface area contributed by atoms with E-state index in [2.05, 4.69) is 58.2 Å². The Labute approximate surface area is 176 Å². The topological polar surface area (TPSA) is 64.7 Å². The molecule has 2 N–H and O–H groups in total. The van der Waals surface area contributed by atoms with Gasteiger partial charge in [-0.15, -0.1) is 11.3 Å². The van der Waals surface area contributed by atoms with Crippen molar-refractivity contribution in [1.29, 1.82) is 0 Å². The van der Waals surface area contributed by atoms with Crippen molar-refractivity contribution in [1.82, 2.24) is 20.4 Å². The van der Waals surface area contributed by atoms with E-state index in [9.17, 15) is 9.59 Å². The van der Waals surface area contributed by atoms with Crippen molar-refractivity contribution in [2.75, 3.05) is 46.3 Å². The van der Waals surface area contributed by atoms with Crippen molar-refractivity contribution in [3.63, 3.8) is 0 Å². The number of thiophene rings is 1. The van der Waals surface area contributed by atoms with Crippen LogP contribution in [0.5, 0.6) is 0 Å². The van der Waals surface area contributed by atoms with Crippen LogP contribution in [0, 0.1) is 0 Å². The van der Waals surface area contributed by atoms with Crippen LogP contribution >= 0.6 is 11.3 Å². The Hall–Kier alpha value is -2.22. The van der Waals surface area contributed by atoms with Gasteiger partial charge in [0.15, 0.2) is 0 Å². The normalized spacial score (nSPS) is 15.9. The zero-order valence-corrected chi connectivity index (χ0v) is 18.0. The zero-order chi connectivity index (χ0) is 20.6. The van der Waals surface area contributed by atoms with Gasteiger partial charge in [0.25, 0.3) is 0 Å². The summed E-state index contributed by atoms with van der Waals surface area (Å²) in [6.07, 6.45) is 1.02. The Morgan fingerprint density at radius 1 is 1.10 bits per heavy atom. The van der Waals surface area contributed by atoms with Crippen LogP contribution < -0.4 is 10.6 Å². The van der Waals surface area contributed by atoms with Gasteiger partial charge in [0, 0.05) is 38.1 Å². The van der Waals surface area contributed by atoms with Crippen molar-refractivity contribution < 1.29 is 9.59 Å². The molecule has 1 fully saturated rings. The standard InChI is InChI=1S/C22H30N4O2S/c1-3-17-6-8-18(9-7-17)22(19-5-4-14-29-19)24-15-21(28)26-12-10-25(11-13-26)16-20(27)23-2/h4-9,14,22,24H,3,10-13,15-16H2,1-2H3,(H,23,27)/t22-/m0/s1. The summed E-state index contributed by atoms with van der Waals surface area (Å²) in [7, 11) is 1.65. The maximum absolute atomic E-state index is 12.8. The number of benzene rings is 1. The van der Waals surface area contributed by atoms with Crippen molar-refractivity contribution >= 4 is 23.2 Å². The maximum atomic E-state index is 12.8. The van der Waals surface area contributed by atoms with E-state index in [4.69, 9.17) is 0 Å². The smallest absolute Gasteiger partial charge is 0.236 e. The summed E-state index contributed by atoms with van der Waals surface area (Å²) in [6.45, 7) is 5.62. The van der Waals surface area contributed by atoms with E-state index in [1.54, 1.807) is 18.4 Å². The minimum atomic E-state index is 0.0133. The molecule has 1 aliphatic heterocycles. The lowest BCUT2D eigenvalue weighted by Crippen LogP contribution is -2.52. The van der Waals surface area contributed by atoms with E-state index in [1.165, 1.54) is 16.0 Å². The molecule has 2 heterocycles. The van der Waals surface area contributed by atoms with Gasteiger partial charge >= 0.3 is 0 Å². The van der Waals surface area contributed by atoms with E-state index in [1.807, 2.05) is 11.0 Å². The third-order valence-corrected chi connectivity index (χ3v) is 6.31. The minimum absolute atomic E-state index is 0.0133. The highest BCUT2D eigenvalue weighted by Crippen LogP contribution is 2.26. The van der Waals surface area contributed by atoms with Gasteiger partial charge in [0.1, 0.15) is 0 Å². The molecule has 1 aromatic carbocycles. The summed E-state index contributed by atoms with van der Waals surface area (Å²) in [6, 6.07) is 12.8. The van der Waals surface area contributed by atoms with E-state index in [0.717, 1.165) is 19.5 Å². The van der Waals surface area contributed by atoms with Crippen LogP contribution in [0.15, 0.2) is 41.8 Å². The SMILES string of the molecule is CCc1ccc([C@H](NCC(=O)N2CCN(CC(=O)NC)CC2)c2cccs2)cc1. The summed E-state index contributed by atoms with van der Waals surface area (Å²) >= 11 is 1.70. The molecule has 1 aliphatic rings. The number of nitrogens with one attached hydrogen (secondary N) is 2. The molecule has 156 valence electrons. The molecule has 0 spiro atoms. The summed E-state index contributed by atoms with van der Waals surface area (Å²) in [5, 5.41) is 8.18. The Balaban J connectivity index is 1.57. The molecule has 0 saturated carbocycles. The summed E-state index contributed by atoms with van der Waals surface area (Å²) < 4.78 is 0. The second-order valence-electron chi connectivity index (χ2n) is 7.25. The fraction of sp³-hybridized carbons (Fsp3) is 0.455. The number of piperazine rings is 1. The fourth-order valence-electron chi connectivity index (χ4n) is 3.52. The molecule has 1 saturated heterocycles. The minimum Gasteiger partial charge on any atom is -0.358 e. The van der Waals surface area contributed by atoms with E-state index < -0.39 is 0 Å². The third-order valence-electron chi connectivity index (χ3n) is 5.38. The third kappa shape index (κ3) is 5.88. The van der Waals surface area contributed by atoms with Crippen LogP contribution in [-0.4, -0.2) is 67.9 Å². The molecular formula is C22H30N4O2S. The fourth-order valence-corrected chi connectivity index (χ4v) is 4.35. The van der Waals surface area contributed by atoms with E-state index in [-0.39, 0.29) is 17.9 Å². The van der Waals surface area contributed by atoms with Crippen molar-refractivity contribution in [2.45, 2.75) is 19.4 Å². The van der Waals surface area contributed by atoms with Gasteiger partial charge in [-0.1, -0.05) is 37.3 Å². The molecule has 6 nitrogen and oxygen atoms in total. The number of hydrogen-bond acceptors (Lipinski definition) is 5. The maximum Gasteiger partial charge on any atom is 0.236 e. The summed E-state index contributed by atoms with van der Waals surface area (Å²) in [4.78, 5) is 29.5. The molecule has 0 unspecified atom stereocenters. The van der Waals surface area contributed by atoms with Gasteiger partial charge in [0.05, 0.1) is 19.1 Å². The quantitative estimate of drug-likeness (QED) is 0.692. The zero-order valence-electron chi connectivity index (χ0n) is 17.2. The molecule has 29 heavy (non-hydrogen) atoms. The van der Waals surface area contributed by atoms with Crippen LogP contribution in [0.1, 0.15) is 29.0 Å². The Morgan fingerprint density at radius 2 is 1.83 bits per heavy atom. The number of amides is 2. The van der Waals surface area contributed by atoms with Crippen LogP contribution in [0.25, 0.3) is 0 Å². The van der Waals surface area contributed by atoms with Gasteiger partial charge in [-0.3, -0.25) is 19.8 Å². The molecule has 1 aromatic heterocycles. The molecule has 0 aliphatic carbocycles. The lowest BCUT2D eigenvalue weighted by Gasteiger charge is -2.34. The van der Waals surface area contributed by atoms with Crippen LogP contribution in [0.3, 0.4) is 0 Å². The number of rotatable bonds is 8. The van der Waals surface area contributed by atoms with Gasteiger partial charge in [0.2, 0.25) is 11.8 Å². The molecule has 1 atom stereocenters. The molecule has 7 heteroatoms. The van der Waals surface area contributed by atoms with Gasteiger partial charge in [-0.25, -0.2) is 0 Å². The first-order chi connectivity index (χ1) is 14.1. The molecule has 2 amide bonds. The van der Waals surface area contributed by atoms with Gasteiger partial charge < -0.3 is 10.2 Å². The van der Waals surface area contributed by atoms with Crippen LogP contribution in [-0.2, 0) is 16.0 Å². The first kappa shape index (κ1) is 21.5. The highest BCUT2D eigenvalue weighted by atomic mass is 32.1. The summed E-state index contributed by atoms with van der Waals surface area (Å²) in [5.41, 5.74) is 2.48. The second-order valence-corrected chi connectivity index (χ2v) is 8.23. The predicted octanol–water partition coefficient (Wildman–Crippen LogP) is 1.88. The molecule has 2 aromatic rings. The lowest BCUT2D eigenvalue weighted by atomic mass is 10.0. The number of hydrogen-bond donors (Lipinski definition) is 2. The Morgan fingerprint density at radius 3 is 2.41 bits per heavy atom. The predicted molar refractivity (Wildman–Crippen MR) is 117 cm³/mol. The monoisotopic (exact) mass is 414 g/mol. The first-order valence-corrected chi connectivity index (χ1v) is 11.0. The number of nitrogens with zero attached hydrogens (tertiary/aromatic N) is 2. The molecular weight excluding hydrogens is 384 g/mol. The Bertz CT molecular complexity index is 784. The van der Waals surface area contributed by atoms with E-state index in [0.29, 0.717) is 26.2 Å². The average molecular weight is 415 g/mol. The number of likely N-dealkylation sites (N-methyl/N-ethyl adjacent to an activating group) is 1. The van der Waals surface area contributed by atoms with Gasteiger partial charge in [-0.2, -0.15) is 0 Å². The second kappa shape index (κ2) is 10.5. The number of aryl methyl sites for hydroxylation is 1. The Kier molecular flexibility index (Phi) is 7.80. The first-order valence-electron chi connectivity index (χ1n) is 10.2. The van der Waals surface area contributed by atoms with Crippen molar-refractivity contribution in [3.05, 3.63) is 57.8 Å². The lowest BCUT2D eigenvalue weighted by molar-refractivity contribution is -0.132. The van der Waals surface area contributed by atoms with Crippen LogP contribution in [0.4, 0.5) is 0 Å². The number of carbonyl (C=O) groups excluding carboxylic acids is 2. The van der Waals surface area contributed by atoms with Crippen molar-refractivity contribution in [2.24, 2.45) is 0 Å². The van der Waals surface area contributed by atoms with Gasteiger partial charge in [-0.05, 0) is 29.0 Å². The highest BCUT2D eigenvalue weighted by Gasteiger charge is 2.23.